The largest absolute Gasteiger partial charge is 0.508 e. The van der Waals surface area contributed by atoms with Gasteiger partial charge in [0.15, 0.2) is 0 Å². The molecule has 1 aromatic carbocycles. The first-order valence-electron chi connectivity index (χ1n) is 7.63. The zero-order valence-electron chi connectivity index (χ0n) is 12.7. The number of nitrogens with zero attached hydrogens (tertiary/aromatic N) is 3. The fourth-order valence-corrected chi connectivity index (χ4v) is 4.00. The highest BCUT2D eigenvalue weighted by atomic mass is 35.5. The van der Waals surface area contributed by atoms with Crippen molar-refractivity contribution in [2.24, 2.45) is 0 Å². The summed E-state index contributed by atoms with van der Waals surface area (Å²) in [6.07, 6.45) is 4.44. The Balaban J connectivity index is 1.59. The third-order valence-electron chi connectivity index (χ3n) is 4.54. The van der Waals surface area contributed by atoms with Crippen molar-refractivity contribution in [3.63, 3.8) is 0 Å². The van der Waals surface area contributed by atoms with E-state index < -0.39 is 0 Å². The molecule has 126 valence electrons. The Kier molecular flexibility index (Phi) is 4.16. The molecule has 4 rings (SSSR count). The van der Waals surface area contributed by atoms with Crippen LogP contribution in [-0.4, -0.2) is 39.6 Å². The predicted octanol–water partition coefficient (Wildman–Crippen LogP) is 3.79. The number of aromatic nitrogens is 2. The molecule has 5 nitrogen and oxygen atoms in total. The molecule has 1 N–H and O–H groups in total. The van der Waals surface area contributed by atoms with E-state index in [0.717, 1.165) is 10.7 Å². The molecule has 0 unspecified atom stereocenters. The van der Waals surface area contributed by atoms with Crippen molar-refractivity contribution in [3.05, 3.63) is 40.1 Å². The second-order valence-corrected chi connectivity index (χ2v) is 7.33. The van der Waals surface area contributed by atoms with Gasteiger partial charge in [-0.2, -0.15) is 5.10 Å². The molecule has 2 aromatic rings. The Morgan fingerprint density at radius 3 is 2.79 bits per heavy atom. The molecule has 8 heteroatoms. The molecule has 2 fully saturated rings. The summed E-state index contributed by atoms with van der Waals surface area (Å²) in [5.41, 5.74) is 1.61. The van der Waals surface area contributed by atoms with Crippen LogP contribution in [0.1, 0.15) is 23.9 Å². The van der Waals surface area contributed by atoms with Gasteiger partial charge in [-0.3, -0.25) is 4.68 Å². The zero-order chi connectivity index (χ0) is 16.8. The number of benzene rings is 1. The summed E-state index contributed by atoms with van der Waals surface area (Å²) in [4.78, 5) is 2.85. The highest BCUT2D eigenvalue weighted by Crippen LogP contribution is 2.42. The fourth-order valence-electron chi connectivity index (χ4n) is 3.14. The van der Waals surface area contributed by atoms with Crippen LogP contribution in [0.5, 0.6) is 5.75 Å². The number of rotatable bonds is 3. The third kappa shape index (κ3) is 2.67. The number of halogens is 2. The highest BCUT2D eigenvalue weighted by Gasteiger charge is 2.33. The predicted molar refractivity (Wildman–Crippen MR) is 97.5 cm³/mol. The number of phenols is 1. The molecule has 0 amide bonds. The van der Waals surface area contributed by atoms with Gasteiger partial charge in [-0.15, -0.1) is 0 Å². The van der Waals surface area contributed by atoms with E-state index in [4.69, 9.17) is 40.2 Å². The van der Waals surface area contributed by atoms with Crippen molar-refractivity contribution in [1.82, 2.24) is 9.78 Å². The average molecular weight is 384 g/mol. The molecule has 24 heavy (non-hydrogen) atoms. The van der Waals surface area contributed by atoms with Crippen molar-refractivity contribution in [3.8, 4) is 5.75 Å². The van der Waals surface area contributed by atoms with E-state index >= 15 is 0 Å². The monoisotopic (exact) mass is 383 g/mol. The molecule has 2 aliphatic rings. The SMILES string of the molecule is Oc1ccc(Cl)c(Cl)c1[C@H]1CC(=S)N(c2cnn(C3COC3)c2)C1. The normalized spacial score (nSPS) is 21.3. The Morgan fingerprint density at radius 1 is 1.29 bits per heavy atom. The zero-order valence-corrected chi connectivity index (χ0v) is 15.0. The van der Waals surface area contributed by atoms with Crippen LogP contribution in [0.2, 0.25) is 10.0 Å². The van der Waals surface area contributed by atoms with Gasteiger partial charge in [0.25, 0.3) is 0 Å². The van der Waals surface area contributed by atoms with Crippen molar-refractivity contribution < 1.29 is 9.84 Å². The topological polar surface area (TPSA) is 50.5 Å². The summed E-state index contributed by atoms with van der Waals surface area (Å²) in [5.74, 6) is 0.153. The van der Waals surface area contributed by atoms with E-state index in [-0.39, 0.29) is 11.7 Å². The van der Waals surface area contributed by atoms with Gasteiger partial charge in [-0.25, -0.2) is 0 Å². The number of aromatic hydroxyl groups is 1. The van der Waals surface area contributed by atoms with E-state index in [1.54, 1.807) is 12.1 Å². The Hall–Kier alpha value is -1.34. The summed E-state index contributed by atoms with van der Waals surface area (Å²) < 4.78 is 7.12. The number of thiocarbonyl (C=S) groups is 1. The van der Waals surface area contributed by atoms with Crippen molar-refractivity contribution >= 4 is 46.1 Å². The van der Waals surface area contributed by atoms with Crippen LogP contribution in [0, 0.1) is 0 Å². The first-order valence-corrected chi connectivity index (χ1v) is 8.80. The van der Waals surface area contributed by atoms with Gasteiger partial charge in [0.05, 0.1) is 46.2 Å². The van der Waals surface area contributed by atoms with E-state index in [0.29, 0.717) is 47.8 Å². The molecule has 1 aromatic heterocycles. The summed E-state index contributed by atoms with van der Waals surface area (Å²) in [7, 11) is 0. The number of phenolic OH excluding ortho intramolecular Hbond substituents is 1. The molecule has 0 saturated carbocycles. The summed E-state index contributed by atoms with van der Waals surface area (Å²) in [6, 6.07) is 3.47. The molecule has 0 bridgehead atoms. The van der Waals surface area contributed by atoms with Gasteiger partial charge in [-0.1, -0.05) is 35.4 Å². The maximum Gasteiger partial charge on any atom is 0.120 e. The van der Waals surface area contributed by atoms with Crippen LogP contribution in [0.3, 0.4) is 0 Å². The molecule has 2 saturated heterocycles. The van der Waals surface area contributed by atoms with Crippen molar-refractivity contribution in [1.29, 1.82) is 0 Å². The second kappa shape index (κ2) is 6.19. The molecule has 0 radical (unpaired) electrons. The maximum atomic E-state index is 10.2. The fraction of sp³-hybridized carbons (Fsp3) is 0.375. The lowest BCUT2D eigenvalue weighted by molar-refractivity contribution is -0.0286. The second-order valence-electron chi connectivity index (χ2n) is 6.07. The number of ether oxygens (including phenoxy) is 1. The van der Waals surface area contributed by atoms with Crippen LogP contribution >= 0.6 is 35.4 Å². The minimum atomic E-state index is -0.000846. The van der Waals surface area contributed by atoms with E-state index in [1.165, 1.54) is 0 Å². The molecule has 1 atom stereocenters. The Morgan fingerprint density at radius 2 is 2.08 bits per heavy atom. The smallest absolute Gasteiger partial charge is 0.120 e. The molecule has 3 heterocycles. The van der Waals surface area contributed by atoms with Gasteiger partial charge in [0, 0.05) is 30.6 Å². The van der Waals surface area contributed by atoms with Crippen LogP contribution < -0.4 is 4.90 Å². The van der Waals surface area contributed by atoms with E-state index in [1.807, 2.05) is 22.0 Å². The Labute approximate surface area is 154 Å². The minimum absolute atomic E-state index is 0.000846. The van der Waals surface area contributed by atoms with Crippen molar-refractivity contribution in [2.45, 2.75) is 18.4 Å². The number of anilines is 1. The summed E-state index contributed by atoms with van der Waals surface area (Å²) in [5, 5.41) is 15.4. The van der Waals surface area contributed by atoms with Crippen LogP contribution in [-0.2, 0) is 4.74 Å². The van der Waals surface area contributed by atoms with Crippen LogP contribution in [0.25, 0.3) is 0 Å². The van der Waals surface area contributed by atoms with Crippen LogP contribution in [0.15, 0.2) is 24.5 Å². The number of hydrogen-bond acceptors (Lipinski definition) is 4. The lowest BCUT2D eigenvalue weighted by Gasteiger charge is -2.26. The van der Waals surface area contributed by atoms with E-state index in [2.05, 4.69) is 5.10 Å². The molecule has 0 aliphatic carbocycles. The van der Waals surface area contributed by atoms with E-state index in [9.17, 15) is 5.11 Å². The van der Waals surface area contributed by atoms with Gasteiger partial charge < -0.3 is 14.7 Å². The molecule has 2 aliphatic heterocycles. The molecule has 0 spiro atoms. The first-order chi connectivity index (χ1) is 11.5. The van der Waals surface area contributed by atoms with Gasteiger partial charge in [-0.05, 0) is 12.1 Å². The molecular weight excluding hydrogens is 369 g/mol. The quantitative estimate of drug-likeness (QED) is 0.817. The lowest BCUT2D eigenvalue weighted by atomic mass is 9.97. The Bertz CT molecular complexity index is 807. The lowest BCUT2D eigenvalue weighted by Crippen LogP contribution is -2.31. The van der Waals surface area contributed by atoms with Gasteiger partial charge >= 0.3 is 0 Å². The summed E-state index contributed by atoms with van der Waals surface area (Å²) >= 11 is 18.0. The average Bonchev–Trinajstić information content (AvgIpc) is 3.09. The van der Waals surface area contributed by atoms with Gasteiger partial charge in [0.1, 0.15) is 5.75 Å². The third-order valence-corrected chi connectivity index (χ3v) is 5.74. The summed E-state index contributed by atoms with van der Waals surface area (Å²) in [6.45, 7) is 2.03. The maximum absolute atomic E-state index is 10.2. The van der Waals surface area contributed by atoms with Crippen molar-refractivity contribution in [2.75, 3.05) is 24.7 Å². The standard InChI is InChI=1S/C16H15Cl2N3O2S/c17-12-1-2-13(22)15(16(12)18)9-3-14(24)20(5-9)10-4-19-21(6-10)11-7-23-8-11/h1-2,4,6,9,11,22H,3,5,7-8H2/t9-/m0/s1. The molecular formula is C16H15Cl2N3O2S. The van der Waals surface area contributed by atoms with Crippen LogP contribution in [0.4, 0.5) is 5.69 Å². The first kappa shape index (κ1) is 16.1. The minimum Gasteiger partial charge on any atom is -0.508 e. The highest BCUT2D eigenvalue weighted by molar-refractivity contribution is 7.80. The number of hydrogen-bond donors (Lipinski definition) is 1. The van der Waals surface area contributed by atoms with Gasteiger partial charge in [0.2, 0.25) is 0 Å².